The SMILES string of the molecule is COc1ccc(C(=O)NN=C(C)c2ccc(OC)c(OC)c2O)cc1. The molecule has 0 bridgehead atoms. The van der Waals surface area contributed by atoms with Crippen molar-refractivity contribution in [2.45, 2.75) is 6.92 Å². The molecule has 0 saturated heterocycles. The molecule has 7 nitrogen and oxygen atoms in total. The molecule has 0 heterocycles. The normalized spacial score (nSPS) is 11.0. The number of rotatable bonds is 6. The number of carbonyl (C=O) groups excluding carboxylic acids is 1. The van der Waals surface area contributed by atoms with Crippen LogP contribution in [0.2, 0.25) is 0 Å². The lowest BCUT2D eigenvalue weighted by molar-refractivity contribution is 0.0955. The standard InChI is InChI=1S/C18H20N2O5/c1-11(14-9-10-15(24-3)17(25-4)16(14)21)19-20-18(22)12-5-7-13(23-2)8-6-12/h5-10,21H,1-4H3,(H,20,22). The number of amides is 1. The van der Waals surface area contributed by atoms with E-state index in [0.717, 1.165) is 0 Å². The molecule has 0 unspecified atom stereocenters. The van der Waals surface area contributed by atoms with Gasteiger partial charge in [-0.25, -0.2) is 5.43 Å². The zero-order valence-corrected chi connectivity index (χ0v) is 14.5. The topological polar surface area (TPSA) is 89.4 Å². The molecule has 0 radical (unpaired) electrons. The molecule has 2 aromatic carbocycles. The molecule has 0 aliphatic rings. The molecule has 2 N–H and O–H groups in total. The molecule has 1 amide bonds. The molecule has 0 atom stereocenters. The van der Waals surface area contributed by atoms with Crippen LogP contribution in [0, 0.1) is 0 Å². The van der Waals surface area contributed by atoms with Crippen molar-refractivity contribution in [1.82, 2.24) is 5.43 Å². The Morgan fingerprint density at radius 2 is 1.68 bits per heavy atom. The van der Waals surface area contributed by atoms with Crippen molar-refractivity contribution in [2.24, 2.45) is 5.10 Å². The Morgan fingerprint density at radius 1 is 1.00 bits per heavy atom. The number of hydrogen-bond donors (Lipinski definition) is 2. The summed E-state index contributed by atoms with van der Waals surface area (Å²) in [6.45, 7) is 1.66. The van der Waals surface area contributed by atoms with Crippen LogP contribution in [0.1, 0.15) is 22.8 Å². The van der Waals surface area contributed by atoms with Crippen LogP contribution in [-0.4, -0.2) is 38.1 Å². The minimum atomic E-state index is -0.373. The van der Waals surface area contributed by atoms with Gasteiger partial charge in [0.15, 0.2) is 11.5 Å². The van der Waals surface area contributed by atoms with Gasteiger partial charge >= 0.3 is 0 Å². The van der Waals surface area contributed by atoms with E-state index in [1.54, 1.807) is 50.4 Å². The van der Waals surface area contributed by atoms with Crippen molar-refractivity contribution < 1.29 is 24.1 Å². The molecule has 132 valence electrons. The third-order valence-corrected chi connectivity index (χ3v) is 3.59. The zero-order chi connectivity index (χ0) is 18.4. The molecule has 0 aromatic heterocycles. The lowest BCUT2D eigenvalue weighted by Crippen LogP contribution is -2.19. The summed E-state index contributed by atoms with van der Waals surface area (Å²) in [6.07, 6.45) is 0. The minimum absolute atomic E-state index is 0.109. The van der Waals surface area contributed by atoms with Gasteiger partial charge in [0.1, 0.15) is 5.75 Å². The molecular formula is C18H20N2O5. The van der Waals surface area contributed by atoms with Crippen LogP contribution in [0.25, 0.3) is 0 Å². The first-order valence-electron chi connectivity index (χ1n) is 7.44. The van der Waals surface area contributed by atoms with E-state index in [0.29, 0.717) is 28.3 Å². The summed E-state index contributed by atoms with van der Waals surface area (Å²) < 4.78 is 15.3. The Kier molecular flexibility index (Phi) is 5.84. The first-order valence-corrected chi connectivity index (χ1v) is 7.44. The second-order valence-corrected chi connectivity index (χ2v) is 5.06. The Morgan fingerprint density at radius 3 is 2.24 bits per heavy atom. The van der Waals surface area contributed by atoms with Gasteiger partial charge < -0.3 is 19.3 Å². The van der Waals surface area contributed by atoms with Gasteiger partial charge in [0, 0.05) is 11.1 Å². The van der Waals surface area contributed by atoms with Crippen molar-refractivity contribution in [3.8, 4) is 23.0 Å². The number of hydrazone groups is 1. The Balaban J connectivity index is 2.19. The van der Waals surface area contributed by atoms with Crippen LogP contribution in [0.15, 0.2) is 41.5 Å². The number of nitrogens with one attached hydrogen (secondary N) is 1. The lowest BCUT2D eigenvalue weighted by Gasteiger charge is -2.12. The fraction of sp³-hybridized carbons (Fsp3) is 0.222. The summed E-state index contributed by atoms with van der Waals surface area (Å²) in [7, 11) is 4.46. The molecule has 2 rings (SSSR count). The molecular weight excluding hydrogens is 324 g/mol. The smallest absolute Gasteiger partial charge is 0.271 e. The summed E-state index contributed by atoms with van der Waals surface area (Å²) in [6, 6.07) is 9.92. The average Bonchev–Trinajstić information content (AvgIpc) is 2.65. The van der Waals surface area contributed by atoms with Crippen molar-refractivity contribution >= 4 is 11.6 Å². The van der Waals surface area contributed by atoms with Crippen molar-refractivity contribution in [1.29, 1.82) is 0 Å². The number of hydrogen-bond acceptors (Lipinski definition) is 6. The van der Waals surface area contributed by atoms with Gasteiger partial charge in [-0.3, -0.25) is 4.79 Å². The largest absolute Gasteiger partial charge is 0.504 e. The summed E-state index contributed by atoms with van der Waals surface area (Å²) in [5.74, 6) is 0.782. The van der Waals surface area contributed by atoms with Gasteiger partial charge in [-0.15, -0.1) is 0 Å². The number of phenols is 1. The van der Waals surface area contributed by atoms with Crippen LogP contribution in [0.5, 0.6) is 23.0 Å². The van der Waals surface area contributed by atoms with Crippen molar-refractivity contribution in [3.63, 3.8) is 0 Å². The van der Waals surface area contributed by atoms with E-state index in [1.165, 1.54) is 14.2 Å². The second kappa shape index (κ2) is 8.05. The number of phenolic OH excluding ortho intramolecular Hbond substituents is 1. The van der Waals surface area contributed by atoms with Gasteiger partial charge in [-0.2, -0.15) is 5.10 Å². The first kappa shape index (κ1) is 18.1. The molecule has 0 saturated carbocycles. The van der Waals surface area contributed by atoms with Gasteiger partial charge in [0.25, 0.3) is 5.91 Å². The van der Waals surface area contributed by atoms with E-state index in [9.17, 15) is 9.90 Å². The minimum Gasteiger partial charge on any atom is -0.504 e. The summed E-state index contributed by atoms with van der Waals surface area (Å²) in [5.41, 5.74) is 3.73. The fourth-order valence-electron chi connectivity index (χ4n) is 2.20. The quantitative estimate of drug-likeness (QED) is 0.621. The highest BCUT2D eigenvalue weighted by Crippen LogP contribution is 2.39. The maximum atomic E-state index is 12.1. The van der Waals surface area contributed by atoms with Crippen LogP contribution >= 0.6 is 0 Å². The number of methoxy groups -OCH3 is 3. The van der Waals surface area contributed by atoms with Crippen LogP contribution < -0.4 is 19.6 Å². The number of nitrogens with zero attached hydrogens (tertiary/aromatic N) is 1. The summed E-state index contributed by atoms with van der Waals surface area (Å²) in [5, 5.41) is 14.3. The summed E-state index contributed by atoms with van der Waals surface area (Å²) in [4.78, 5) is 12.1. The average molecular weight is 344 g/mol. The first-order chi connectivity index (χ1) is 12.0. The zero-order valence-electron chi connectivity index (χ0n) is 14.5. The highest BCUT2D eigenvalue weighted by Gasteiger charge is 2.16. The molecule has 0 spiro atoms. The lowest BCUT2D eigenvalue weighted by atomic mass is 10.1. The van der Waals surface area contributed by atoms with Gasteiger partial charge in [-0.1, -0.05) is 0 Å². The number of ether oxygens (including phenoxy) is 3. The van der Waals surface area contributed by atoms with Crippen molar-refractivity contribution in [2.75, 3.05) is 21.3 Å². The second-order valence-electron chi connectivity index (χ2n) is 5.06. The number of benzene rings is 2. The van der Waals surface area contributed by atoms with Crippen molar-refractivity contribution in [3.05, 3.63) is 47.5 Å². The van der Waals surface area contributed by atoms with E-state index in [2.05, 4.69) is 10.5 Å². The Labute approximate surface area is 145 Å². The number of aromatic hydroxyl groups is 1. The number of carbonyl (C=O) groups is 1. The van der Waals surface area contributed by atoms with Gasteiger partial charge in [0.05, 0.1) is 27.0 Å². The summed E-state index contributed by atoms with van der Waals surface area (Å²) >= 11 is 0. The molecule has 0 aliphatic heterocycles. The van der Waals surface area contributed by atoms with E-state index in [4.69, 9.17) is 14.2 Å². The van der Waals surface area contributed by atoms with E-state index >= 15 is 0 Å². The molecule has 0 aliphatic carbocycles. The molecule has 0 fully saturated rings. The van der Waals surface area contributed by atoms with Crippen LogP contribution in [0.3, 0.4) is 0 Å². The molecule has 7 heteroatoms. The van der Waals surface area contributed by atoms with E-state index < -0.39 is 0 Å². The monoisotopic (exact) mass is 344 g/mol. The van der Waals surface area contributed by atoms with Gasteiger partial charge in [0.2, 0.25) is 5.75 Å². The van der Waals surface area contributed by atoms with E-state index in [1.807, 2.05) is 0 Å². The fourth-order valence-corrected chi connectivity index (χ4v) is 2.20. The van der Waals surface area contributed by atoms with E-state index in [-0.39, 0.29) is 17.4 Å². The van der Waals surface area contributed by atoms with Crippen LogP contribution in [0.4, 0.5) is 0 Å². The molecule has 2 aromatic rings. The van der Waals surface area contributed by atoms with Crippen LogP contribution in [-0.2, 0) is 0 Å². The third-order valence-electron chi connectivity index (χ3n) is 3.59. The van der Waals surface area contributed by atoms with Gasteiger partial charge in [-0.05, 0) is 43.3 Å². The Hall–Kier alpha value is -3.22. The highest BCUT2D eigenvalue weighted by molar-refractivity contribution is 6.03. The maximum Gasteiger partial charge on any atom is 0.271 e. The predicted octanol–water partition coefficient (Wildman–Crippen LogP) is 2.57. The maximum absolute atomic E-state index is 12.1. The highest BCUT2D eigenvalue weighted by atomic mass is 16.5. The Bertz CT molecular complexity index is 785. The third kappa shape index (κ3) is 4.00. The molecule has 25 heavy (non-hydrogen) atoms. The predicted molar refractivity (Wildman–Crippen MR) is 93.9 cm³/mol.